The molecule has 1 aliphatic rings. The maximum absolute atomic E-state index is 11.3. The molecule has 0 bridgehead atoms. The molecule has 0 radical (unpaired) electrons. The Hall–Kier alpha value is -1.10. The number of carbonyl (C=O) groups is 1. The summed E-state index contributed by atoms with van der Waals surface area (Å²) in [5.74, 6) is 0.240. The number of nitrogens with zero attached hydrogens (tertiary/aromatic N) is 2. The summed E-state index contributed by atoms with van der Waals surface area (Å²) >= 11 is 1.68. The minimum absolute atomic E-state index is 0.240. The smallest absolute Gasteiger partial charge is 0.222 e. The molecular formula is C11H17N3OS. The fraction of sp³-hybridized carbons (Fsp3) is 0.636. The van der Waals surface area contributed by atoms with Gasteiger partial charge in [-0.15, -0.1) is 11.3 Å². The number of likely N-dealkylation sites (tertiary alicyclic amines) is 1. The van der Waals surface area contributed by atoms with Crippen LogP contribution in [0.1, 0.15) is 23.4 Å². The maximum atomic E-state index is 11.3. The number of amides is 1. The molecule has 5 heteroatoms. The van der Waals surface area contributed by atoms with Crippen LogP contribution in [-0.4, -0.2) is 35.4 Å². The van der Waals surface area contributed by atoms with E-state index in [9.17, 15) is 4.79 Å². The number of hydrogen-bond acceptors (Lipinski definition) is 4. The summed E-state index contributed by atoms with van der Waals surface area (Å²) in [6, 6.07) is 0.340. The second-order valence-electron chi connectivity index (χ2n) is 4.31. The fourth-order valence-electron chi connectivity index (χ4n) is 1.84. The summed E-state index contributed by atoms with van der Waals surface area (Å²) in [5, 5.41) is 4.38. The topological polar surface area (TPSA) is 45.2 Å². The number of nitrogens with one attached hydrogen (secondary N) is 1. The van der Waals surface area contributed by atoms with E-state index in [1.54, 1.807) is 16.2 Å². The zero-order valence-electron chi connectivity index (χ0n) is 9.91. The molecule has 1 fully saturated rings. The number of hydrogen-bond donors (Lipinski definition) is 1. The van der Waals surface area contributed by atoms with E-state index in [4.69, 9.17) is 0 Å². The van der Waals surface area contributed by atoms with Gasteiger partial charge in [0.15, 0.2) is 5.13 Å². The minimum atomic E-state index is 0.240. The first kappa shape index (κ1) is 11.4. The SMILES string of the molecule is Cc1nc(NC2CCC(=O)N(C)C2)sc1C. The van der Waals surface area contributed by atoms with Crippen LogP contribution in [-0.2, 0) is 4.79 Å². The zero-order chi connectivity index (χ0) is 11.7. The molecule has 0 aliphatic carbocycles. The standard InChI is InChI=1S/C11H17N3OS/c1-7-8(2)16-11(12-7)13-9-4-5-10(15)14(3)6-9/h9H,4-6H2,1-3H3,(H,12,13). The Morgan fingerprint density at radius 2 is 2.25 bits per heavy atom. The molecule has 1 unspecified atom stereocenters. The molecule has 1 atom stereocenters. The van der Waals surface area contributed by atoms with Crippen LogP contribution in [0, 0.1) is 13.8 Å². The molecule has 2 heterocycles. The van der Waals surface area contributed by atoms with Crippen molar-refractivity contribution in [3.05, 3.63) is 10.6 Å². The molecule has 16 heavy (non-hydrogen) atoms. The molecule has 1 aliphatic heterocycles. The van der Waals surface area contributed by atoms with Crippen molar-refractivity contribution in [2.45, 2.75) is 32.7 Å². The number of carbonyl (C=O) groups excluding carboxylic acids is 1. The molecule has 1 saturated heterocycles. The van der Waals surface area contributed by atoms with Crippen molar-refractivity contribution in [2.75, 3.05) is 18.9 Å². The monoisotopic (exact) mass is 239 g/mol. The van der Waals surface area contributed by atoms with Gasteiger partial charge in [-0.05, 0) is 20.3 Å². The number of likely N-dealkylation sites (N-methyl/N-ethyl adjacent to an activating group) is 1. The first-order valence-electron chi connectivity index (χ1n) is 5.51. The highest BCUT2D eigenvalue weighted by Crippen LogP contribution is 2.23. The number of rotatable bonds is 2. The molecule has 1 N–H and O–H groups in total. The summed E-state index contributed by atoms with van der Waals surface area (Å²) in [5.41, 5.74) is 1.09. The van der Waals surface area contributed by atoms with Gasteiger partial charge in [0, 0.05) is 30.9 Å². The summed E-state index contributed by atoms with van der Waals surface area (Å²) in [4.78, 5) is 18.8. The van der Waals surface area contributed by atoms with Crippen LogP contribution >= 0.6 is 11.3 Å². The maximum Gasteiger partial charge on any atom is 0.222 e. The second kappa shape index (κ2) is 4.41. The lowest BCUT2D eigenvalue weighted by molar-refractivity contribution is -0.132. The number of piperidine rings is 1. The van der Waals surface area contributed by atoms with Gasteiger partial charge in [-0.3, -0.25) is 4.79 Å². The molecule has 0 saturated carbocycles. The van der Waals surface area contributed by atoms with Gasteiger partial charge in [-0.1, -0.05) is 0 Å². The zero-order valence-corrected chi connectivity index (χ0v) is 10.7. The van der Waals surface area contributed by atoms with Crippen LogP contribution in [0.3, 0.4) is 0 Å². The van der Waals surface area contributed by atoms with Crippen LogP contribution < -0.4 is 5.32 Å². The van der Waals surface area contributed by atoms with E-state index in [2.05, 4.69) is 17.2 Å². The van der Waals surface area contributed by atoms with Crippen molar-refractivity contribution >= 4 is 22.4 Å². The van der Waals surface area contributed by atoms with E-state index in [-0.39, 0.29) is 5.91 Å². The summed E-state index contributed by atoms with van der Waals surface area (Å²) in [7, 11) is 1.86. The van der Waals surface area contributed by atoms with Gasteiger partial charge >= 0.3 is 0 Å². The van der Waals surface area contributed by atoms with E-state index in [1.807, 2.05) is 14.0 Å². The van der Waals surface area contributed by atoms with Gasteiger partial charge < -0.3 is 10.2 Å². The van der Waals surface area contributed by atoms with Crippen molar-refractivity contribution in [1.82, 2.24) is 9.88 Å². The van der Waals surface area contributed by atoms with Crippen LogP contribution in [0.2, 0.25) is 0 Å². The molecule has 0 spiro atoms. The van der Waals surface area contributed by atoms with Crippen molar-refractivity contribution < 1.29 is 4.79 Å². The van der Waals surface area contributed by atoms with Crippen molar-refractivity contribution in [2.24, 2.45) is 0 Å². The van der Waals surface area contributed by atoms with Crippen LogP contribution in [0.25, 0.3) is 0 Å². The predicted molar refractivity (Wildman–Crippen MR) is 65.9 cm³/mol. The van der Waals surface area contributed by atoms with Gasteiger partial charge in [0.05, 0.1) is 5.69 Å². The average Bonchev–Trinajstić information content (AvgIpc) is 2.52. The Kier molecular flexibility index (Phi) is 3.14. The molecule has 2 rings (SSSR count). The molecule has 4 nitrogen and oxygen atoms in total. The summed E-state index contributed by atoms with van der Waals surface area (Å²) in [6.45, 7) is 4.87. The minimum Gasteiger partial charge on any atom is -0.357 e. The van der Waals surface area contributed by atoms with E-state index in [1.165, 1.54) is 4.88 Å². The number of aromatic nitrogens is 1. The summed E-state index contributed by atoms with van der Waals surface area (Å²) in [6.07, 6.45) is 1.54. The van der Waals surface area contributed by atoms with Crippen molar-refractivity contribution in [3.8, 4) is 0 Å². The van der Waals surface area contributed by atoms with Gasteiger partial charge in [0.1, 0.15) is 0 Å². The lowest BCUT2D eigenvalue weighted by Gasteiger charge is -2.29. The van der Waals surface area contributed by atoms with Crippen LogP contribution in [0.5, 0.6) is 0 Å². The van der Waals surface area contributed by atoms with Gasteiger partial charge in [-0.2, -0.15) is 0 Å². The van der Waals surface area contributed by atoms with E-state index in [0.29, 0.717) is 12.5 Å². The lowest BCUT2D eigenvalue weighted by atomic mass is 10.1. The molecule has 1 aromatic heterocycles. The lowest BCUT2D eigenvalue weighted by Crippen LogP contribution is -2.43. The normalized spacial score (nSPS) is 21.3. The quantitative estimate of drug-likeness (QED) is 0.856. The first-order chi connectivity index (χ1) is 7.56. The third-order valence-corrected chi connectivity index (χ3v) is 3.99. The Balaban J connectivity index is 1.97. The van der Waals surface area contributed by atoms with E-state index >= 15 is 0 Å². The first-order valence-corrected chi connectivity index (χ1v) is 6.32. The van der Waals surface area contributed by atoms with Crippen molar-refractivity contribution in [3.63, 3.8) is 0 Å². The van der Waals surface area contributed by atoms with Gasteiger partial charge in [0.25, 0.3) is 0 Å². The molecule has 88 valence electrons. The van der Waals surface area contributed by atoms with Crippen molar-refractivity contribution in [1.29, 1.82) is 0 Å². The highest BCUT2D eigenvalue weighted by molar-refractivity contribution is 7.15. The van der Waals surface area contributed by atoms with Gasteiger partial charge in [0.2, 0.25) is 5.91 Å². The van der Waals surface area contributed by atoms with Gasteiger partial charge in [-0.25, -0.2) is 4.98 Å². The Bertz CT molecular complexity index is 382. The Labute approximate surface area is 99.7 Å². The number of thiazole rings is 1. The predicted octanol–water partition coefficient (Wildman–Crippen LogP) is 1.79. The fourth-order valence-corrected chi connectivity index (χ4v) is 2.73. The van der Waals surface area contributed by atoms with Crippen LogP contribution in [0.15, 0.2) is 0 Å². The Morgan fingerprint density at radius 3 is 2.81 bits per heavy atom. The third kappa shape index (κ3) is 2.35. The summed E-state index contributed by atoms with van der Waals surface area (Å²) < 4.78 is 0. The molecule has 1 amide bonds. The number of aryl methyl sites for hydroxylation is 2. The second-order valence-corrected chi connectivity index (χ2v) is 5.52. The highest BCUT2D eigenvalue weighted by atomic mass is 32.1. The third-order valence-electron chi connectivity index (χ3n) is 2.98. The van der Waals surface area contributed by atoms with E-state index in [0.717, 1.165) is 23.8 Å². The largest absolute Gasteiger partial charge is 0.357 e. The molecule has 1 aromatic rings. The number of anilines is 1. The van der Waals surface area contributed by atoms with E-state index < -0.39 is 0 Å². The Morgan fingerprint density at radius 1 is 1.50 bits per heavy atom. The highest BCUT2D eigenvalue weighted by Gasteiger charge is 2.23. The molecular weight excluding hydrogens is 222 g/mol. The average molecular weight is 239 g/mol. The van der Waals surface area contributed by atoms with Crippen LogP contribution in [0.4, 0.5) is 5.13 Å². The molecule has 0 aromatic carbocycles.